The highest BCUT2D eigenvalue weighted by atomic mass is 16.6. The lowest BCUT2D eigenvalue weighted by Crippen LogP contribution is -2.46. The van der Waals surface area contributed by atoms with Gasteiger partial charge in [0.2, 0.25) is 0 Å². The van der Waals surface area contributed by atoms with Crippen molar-refractivity contribution in [2.45, 2.75) is 37.3 Å². The van der Waals surface area contributed by atoms with E-state index in [4.69, 9.17) is 0 Å². The van der Waals surface area contributed by atoms with Crippen molar-refractivity contribution in [3.8, 4) is 0 Å². The number of piperidine rings is 1. The van der Waals surface area contributed by atoms with E-state index in [1.165, 1.54) is 27.7 Å². The van der Waals surface area contributed by atoms with Gasteiger partial charge in [-0.2, -0.15) is 0 Å². The van der Waals surface area contributed by atoms with Gasteiger partial charge in [-0.25, -0.2) is 0 Å². The average molecular weight is 453 g/mol. The van der Waals surface area contributed by atoms with Gasteiger partial charge in [-0.05, 0) is 42.5 Å². The number of nitrogens with one attached hydrogen (secondary N) is 2. The first kappa shape index (κ1) is 20.9. The highest BCUT2D eigenvalue weighted by molar-refractivity contribution is 5.86. The molecule has 1 fully saturated rings. The molecular weight excluding hydrogens is 424 g/mol. The number of anilines is 1. The summed E-state index contributed by atoms with van der Waals surface area (Å²) in [7, 11) is 0. The maximum atomic E-state index is 11.2. The Kier molecular flexibility index (Phi) is 5.30. The number of nitro groups is 1. The fourth-order valence-corrected chi connectivity index (χ4v) is 5.94. The predicted octanol–water partition coefficient (Wildman–Crippen LogP) is 6.03. The van der Waals surface area contributed by atoms with Crippen LogP contribution in [0.15, 0.2) is 78.9 Å². The van der Waals surface area contributed by atoms with Gasteiger partial charge in [-0.3, -0.25) is 15.0 Å². The van der Waals surface area contributed by atoms with Crippen LogP contribution < -0.4 is 5.32 Å². The third-order valence-electron chi connectivity index (χ3n) is 7.44. The maximum Gasteiger partial charge on any atom is 0.271 e. The summed E-state index contributed by atoms with van der Waals surface area (Å²) in [6.45, 7) is 2.06. The van der Waals surface area contributed by atoms with Gasteiger partial charge in [0.25, 0.3) is 5.69 Å². The molecule has 2 N–H and O–H groups in total. The number of hydrogen-bond donors (Lipinski definition) is 2. The topological polar surface area (TPSA) is 74.2 Å². The van der Waals surface area contributed by atoms with Crippen molar-refractivity contribution < 1.29 is 4.92 Å². The minimum Gasteiger partial charge on any atom is -0.382 e. The van der Waals surface area contributed by atoms with Gasteiger partial charge in [0.15, 0.2) is 0 Å². The Hall–Kier alpha value is -3.64. The molecule has 3 aromatic carbocycles. The standard InChI is InChI=1S/C28H28N4O2/c33-32(34)23-10-6-9-21(16-23)29-22-13-14-31-18-20(15-19-7-2-1-3-8-19)27-24-11-4-5-12-25(24)30-28(27)26(31)17-22/h1-12,16,20,22,26,29-30H,13-15,17-18H2. The van der Waals surface area contributed by atoms with Gasteiger partial charge in [-0.1, -0.05) is 54.6 Å². The van der Waals surface area contributed by atoms with Crippen molar-refractivity contribution in [2.24, 2.45) is 0 Å². The Morgan fingerprint density at radius 3 is 2.71 bits per heavy atom. The Morgan fingerprint density at radius 1 is 1.03 bits per heavy atom. The minimum atomic E-state index is -0.335. The molecule has 6 nitrogen and oxygen atoms in total. The van der Waals surface area contributed by atoms with Crippen molar-refractivity contribution in [2.75, 3.05) is 18.4 Å². The Labute approximate surface area is 198 Å². The molecular formula is C28H28N4O2. The van der Waals surface area contributed by atoms with E-state index in [1.807, 2.05) is 6.07 Å². The smallest absolute Gasteiger partial charge is 0.271 e. The molecule has 2 aliphatic rings. The maximum absolute atomic E-state index is 11.2. The Morgan fingerprint density at radius 2 is 1.85 bits per heavy atom. The van der Waals surface area contributed by atoms with E-state index >= 15 is 0 Å². The number of aromatic nitrogens is 1. The molecule has 0 saturated carbocycles. The van der Waals surface area contributed by atoms with E-state index < -0.39 is 0 Å². The Balaban J connectivity index is 1.31. The van der Waals surface area contributed by atoms with Crippen LogP contribution in [0.2, 0.25) is 0 Å². The van der Waals surface area contributed by atoms with E-state index in [0.29, 0.717) is 12.0 Å². The largest absolute Gasteiger partial charge is 0.382 e. The summed E-state index contributed by atoms with van der Waals surface area (Å²) in [6, 6.07) is 26.9. The lowest BCUT2D eigenvalue weighted by atomic mass is 9.80. The second kappa shape index (κ2) is 8.61. The van der Waals surface area contributed by atoms with Crippen LogP contribution in [0, 0.1) is 10.1 Å². The van der Waals surface area contributed by atoms with Crippen LogP contribution in [-0.4, -0.2) is 33.9 Å². The molecule has 172 valence electrons. The molecule has 4 aromatic rings. The van der Waals surface area contributed by atoms with E-state index in [2.05, 4.69) is 69.8 Å². The van der Waals surface area contributed by atoms with E-state index in [9.17, 15) is 10.1 Å². The molecule has 0 aliphatic carbocycles. The van der Waals surface area contributed by atoms with Gasteiger partial charge in [0, 0.05) is 59.5 Å². The number of benzene rings is 3. The highest BCUT2D eigenvalue weighted by Gasteiger charge is 2.39. The molecule has 3 atom stereocenters. The number of rotatable bonds is 5. The molecule has 0 amide bonds. The number of non-ortho nitro benzene ring substituents is 1. The number of fused-ring (bicyclic) bond motifs is 5. The zero-order valence-corrected chi connectivity index (χ0v) is 19.0. The first-order valence-electron chi connectivity index (χ1n) is 12.0. The summed E-state index contributed by atoms with van der Waals surface area (Å²) in [6.07, 6.45) is 3.03. The zero-order valence-electron chi connectivity index (χ0n) is 19.0. The number of hydrogen-bond acceptors (Lipinski definition) is 4. The quantitative estimate of drug-likeness (QED) is 0.286. The van der Waals surface area contributed by atoms with Crippen LogP contribution in [-0.2, 0) is 6.42 Å². The predicted molar refractivity (Wildman–Crippen MR) is 135 cm³/mol. The molecule has 0 radical (unpaired) electrons. The molecule has 0 spiro atoms. The van der Waals surface area contributed by atoms with Crippen molar-refractivity contribution >= 4 is 22.3 Å². The van der Waals surface area contributed by atoms with Crippen LogP contribution in [0.5, 0.6) is 0 Å². The molecule has 6 rings (SSSR count). The van der Waals surface area contributed by atoms with Crippen molar-refractivity contribution in [3.63, 3.8) is 0 Å². The van der Waals surface area contributed by atoms with Gasteiger partial charge in [0.05, 0.1) is 11.0 Å². The minimum absolute atomic E-state index is 0.127. The van der Waals surface area contributed by atoms with Gasteiger partial charge in [-0.15, -0.1) is 0 Å². The van der Waals surface area contributed by atoms with Crippen LogP contribution in [0.3, 0.4) is 0 Å². The van der Waals surface area contributed by atoms with Crippen LogP contribution >= 0.6 is 0 Å². The van der Waals surface area contributed by atoms with E-state index in [-0.39, 0.29) is 16.7 Å². The molecule has 6 heteroatoms. The van der Waals surface area contributed by atoms with Crippen molar-refractivity contribution in [3.05, 3.63) is 106 Å². The summed E-state index contributed by atoms with van der Waals surface area (Å²) in [5, 5.41) is 16.1. The second-order valence-electron chi connectivity index (χ2n) is 9.57. The number of H-pyrrole nitrogens is 1. The van der Waals surface area contributed by atoms with Crippen LogP contribution in [0.1, 0.15) is 41.6 Å². The summed E-state index contributed by atoms with van der Waals surface area (Å²) in [5.41, 5.74) is 6.35. The SMILES string of the molecule is O=[N+]([O-])c1cccc(NC2CCN3CC(Cc4ccccc4)c4c([nH]c5ccccc45)C3C2)c1. The van der Waals surface area contributed by atoms with Crippen LogP contribution in [0.4, 0.5) is 11.4 Å². The third kappa shape index (κ3) is 3.84. The molecule has 3 heterocycles. The molecule has 0 bridgehead atoms. The molecule has 1 saturated heterocycles. The normalized spacial score (nSPS) is 22.2. The zero-order chi connectivity index (χ0) is 23.1. The number of nitrogens with zero attached hydrogens (tertiary/aromatic N) is 2. The molecule has 2 aliphatic heterocycles. The third-order valence-corrected chi connectivity index (χ3v) is 7.44. The second-order valence-corrected chi connectivity index (χ2v) is 9.57. The highest BCUT2D eigenvalue weighted by Crippen LogP contribution is 2.45. The summed E-state index contributed by atoms with van der Waals surface area (Å²) < 4.78 is 0. The van der Waals surface area contributed by atoms with Crippen molar-refractivity contribution in [1.82, 2.24) is 9.88 Å². The molecule has 3 unspecified atom stereocenters. The van der Waals surface area contributed by atoms with Crippen LogP contribution in [0.25, 0.3) is 10.9 Å². The fraction of sp³-hybridized carbons (Fsp3) is 0.286. The van der Waals surface area contributed by atoms with E-state index in [0.717, 1.165) is 38.0 Å². The first-order chi connectivity index (χ1) is 16.7. The van der Waals surface area contributed by atoms with E-state index in [1.54, 1.807) is 18.2 Å². The lowest BCUT2D eigenvalue weighted by Gasteiger charge is -2.45. The summed E-state index contributed by atoms with van der Waals surface area (Å²) >= 11 is 0. The van der Waals surface area contributed by atoms with Gasteiger partial charge >= 0.3 is 0 Å². The monoisotopic (exact) mass is 452 g/mol. The molecule has 1 aromatic heterocycles. The van der Waals surface area contributed by atoms with Crippen molar-refractivity contribution in [1.29, 1.82) is 0 Å². The lowest BCUT2D eigenvalue weighted by molar-refractivity contribution is -0.384. The summed E-state index contributed by atoms with van der Waals surface area (Å²) in [4.78, 5) is 17.3. The summed E-state index contributed by atoms with van der Waals surface area (Å²) in [5.74, 6) is 0.450. The number of aromatic amines is 1. The number of para-hydroxylation sites is 1. The van der Waals surface area contributed by atoms with Gasteiger partial charge < -0.3 is 10.3 Å². The first-order valence-corrected chi connectivity index (χ1v) is 12.0. The molecule has 34 heavy (non-hydrogen) atoms. The average Bonchev–Trinajstić information content (AvgIpc) is 3.26. The number of nitro benzene ring substituents is 1. The Bertz CT molecular complexity index is 1330. The van der Waals surface area contributed by atoms with Gasteiger partial charge in [0.1, 0.15) is 0 Å². The fourth-order valence-electron chi connectivity index (χ4n) is 5.94.